The molecule has 3 aromatic rings. The maximum Gasteiger partial charge on any atom is 0.196 e. The van der Waals surface area contributed by atoms with Crippen LogP contribution in [0.3, 0.4) is 0 Å². The fourth-order valence-corrected chi connectivity index (χ4v) is 3.16. The van der Waals surface area contributed by atoms with Crippen molar-refractivity contribution in [2.24, 2.45) is 0 Å². The minimum Gasteiger partial charge on any atom is -0.378 e. The third-order valence-corrected chi connectivity index (χ3v) is 4.41. The summed E-state index contributed by atoms with van der Waals surface area (Å²) in [6, 6.07) is 16.2. The van der Waals surface area contributed by atoms with Crippen molar-refractivity contribution in [3.05, 3.63) is 60.4 Å². The molecule has 4 nitrogen and oxygen atoms in total. The third-order valence-electron chi connectivity index (χ3n) is 3.52. The molecule has 0 amide bonds. The highest BCUT2D eigenvalue weighted by molar-refractivity contribution is 7.99. The van der Waals surface area contributed by atoms with Crippen LogP contribution in [-0.4, -0.2) is 33.2 Å². The Morgan fingerprint density at radius 3 is 2.44 bits per heavy atom. The second-order valence-corrected chi connectivity index (χ2v) is 6.81. The Morgan fingerprint density at radius 1 is 1.04 bits per heavy atom. The Bertz CT molecular complexity index is 803. The highest BCUT2D eigenvalue weighted by atomic mass is 32.2. The first-order valence-corrected chi connectivity index (χ1v) is 9.15. The first-order chi connectivity index (χ1) is 12.1. The molecule has 0 saturated heterocycles. The second kappa shape index (κ2) is 8.27. The van der Waals surface area contributed by atoms with Crippen molar-refractivity contribution < 1.29 is 9.13 Å². The average Bonchev–Trinajstić information content (AvgIpc) is 3.04. The highest BCUT2D eigenvalue weighted by Gasteiger charge is 2.16. The van der Waals surface area contributed by atoms with Gasteiger partial charge in [-0.1, -0.05) is 42.1 Å². The third kappa shape index (κ3) is 4.46. The molecule has 0 spiro atoms. The van der Waals surface area contributed by atoms with Gasteiger partial charge in [0.15, 0.2) is 11.0 Å². The van der Waals surface area contributed by atoms with Crippen molar-refractivity contribution in [2.75, 3.05) is 12.4 Å². The van der Waals surface area contributed by atoms with E-state index in [1.807, 2.05) is 48.7 Å². The maximum atomic E-state index is 13.3. The Kier molecular flexibility index (Phi) is 5.83. The second-order valence-electron chi connectivity index (χ2n) is 5.75. The maximum absolute atomic E-state index is 13.3. The first kappa shape index (κ1) is 17.6. The van der Waals surface area contributed by atoms with Crippen molar-refractivity contribution >= 4 is 11.8 Å². The van der Waals surface area contributed by atoms with Crippen molar-refractivity contribution in [1.82, 2.24) is 14.8 Å². The quantitative estimate of drug-likeness (QED) is 0.458. The summed E-state index contributed by atoms with van der Waals surface area (Å²) in [6.07, 6.45) is 0.204. The molecule has 0 aliphatic carbocycles. The molecular formula is C19H20FN3OS. The van der Waals surface area contributed by atoms with Crippen molar-refractivity contribution in [3.8, 4) is 17.1 Å². The molecule has 3 rings (SSSR count). The number of benzene rings is 2. The van der Waals surface area contributed by atoms with Crippen LogP contribution in [0.5, 0.6) is 0 Å². The molecule has 1 heterocycles. The van der Waals surface area contributed by atoms with Gasteiger partial charge in [0.1, 0.15) is 5.82 Å². The summed E-state index contributed by atoms with van der Waals surface area (Å²) < 4.78 is 20.9. The molecule has 0 aliphatic heterocycles. The topological polar surface area (TPSA) is 39.9 Å². The number of ether oxygens (including phenoxy) is 1. The van der Waals surface area contributed by atoms with E-state index in [0.717, 1.165) is 28.0 Å². The molecule has 0 N–H and O–H groups in total. The van der Waals surface area contributed by atoms with E-state index in [9.17, 15) is 4.39 Å². The van der Waals surface area contributed by atoms with E-state index >= 15 is 0 Å². The Hall–Kier alpha value is -2.18. The van der Waals surface area contributed by atoms with Gasteiger partial charge in [0.2, 0.25) is 0 Å². The molecule has 0 atom stereocenters. The van der Waals surface area contributed by atoms with Crippen molar-refractivity contribution in [3.63, 3.8) is 0 Å². The first-order valence-electron chi connectivity index (χ1n) is 8.16. The summed E-state index contributed by atoms with van der Waals surface area (Å²) in [4.78, 5) is 0. The van der Waals surface area contributed by atoms with Crippen LogP contribution in [0.15, 0.2) is 59.8 Å². The van der Waals surface area contributed by atoms with Gasteiger partial charge in [-0.3, -0.25) is 4.57 Å². The standard InChI is InChI=1S/C19H20FN3OS/c1-14(2)24-12-13-25-19-22-21-18(15-6-4-3-5-7-15)23(19)17-10-8-16(20)9-11-17/h3-11,14H,12-13H2,1-2H3. The largest absolute Gasteiger partial charge is 0.378 e. The molecule has 25 heavy (non-hydrogen) atoms. The molecule has 0 saturated carbocycles. The normalized spacial score (nSPS) is 11.2. The van der Waals surface area contributed by atoms with Gasteiger partial charge in [-0.25, -0.2) is 4.39 Å². The van der Waals surface area contributed by atoms with Gasteiger partial charge in [-0.15, -0.1) is 10.2 Å². The molecule has 130 valence electrons. The van der Waals surface area contributed by atoms with E-state index in [0.29, 0.717) is 6.61 Å². The van der Waals surface area contributed by atoms with E-state index in [1.54, 1.807) is 23.9 Å². The lowest BCUT2D eigenvalue weighted by Crippen LogP contribution is -2.06. The number of hydrogen-bond acceptors (Lipinski definition) is 4. The zero-order chi connectivity index (χ0) is 17.6. The number of aromatic nitrogens is 3. The van der Waals surface area contributed by atoms with E-state index in [2.05, 4.69) is 10.2 Å². The summed E-state index contributed by atoms with van der Waals surface area (Å²) in [5, 5.41) is 9.45. The van der Waals surface area contributed by atoms with Gasteiger partial charge in [-0.2, -0.15) is 0 Å². The fraction of sp³-hybridized carbons (Fsp3) is 0.263. The molecule has 6 heteroatoms. The predicted octanol–water partition coefficient (Wildman–Crippen LogP) is 4.59. The van der Waals surface area contributed by atoms with E-state index < -0.39 is 0 Å². The lowest BCUT2D eigenvalue weighted by Gasteiger charge is -2.11. The van der Waals surface area contributed by atoms with Crippen LogP contribution in [0.25, 0.3) is 17.1 Å². The van der Waals surface area contributed by atoms with Gasteiger partial charge in [0, 0.05) is 17.0 Å². The number of halogens is 1. The Labute approximate surface area is 151 Å². The summed E-state index contributed by atoms with van der Waals surface area (Å²) in [5.74, 6) is 1.24. The van der Waals surface area contributed by atoms with Crippen LogP contribution in [-0.2, 0) is 4.74 Å². The number of hydrogen-bond donors (Lipinski definition) is 0. The van der Waals surface area contributed by atoms with Crippen molar-refractivity contribution in [2.45, 2.75) is 25.1 Å². The molecule has 0 fully saturated rings. The highest BCUT2D eigenvalue weighted by Crippen LogP contribution is 2.27. The zero-order valence-corrected chi connectivity index (χ0v) is 15.0. The monoisotopic (exact) mass is 357 g/mol. The molecular weight excluding hydrogens is 337 g/mol. The summed E-state index contributed by atoms with van der Waals surface area (Å²) in [6.45, 7) is 4.66. The van der Waals surface area contributed by atoms with Gasteiger partial charge < -0.3 is 4.74 Å². The van der Waals surface area contributed by atoms with Crippen LogP contribution in [0.1, 0.15) is 13.8 Å². The SMILES string of the molecule is CC(C)OCCSc1nnc(-c2ccccc2)n1-c1ccc(F)cc1. The Balaban J connectivity index is 1.92. The van der Waals surface area contributed by atoms with Crippen LogP contribution < -0.4 is 0 Å². The molecule has 1 aromatic heterocycles. The minimum absolute atomic E-state index is 0.204. The van der Waals surface area contributed by atoms with Gasteiger partial charge in [0.05, 0.1) is 12.7 Å². The molecule has 2 aromatic carbocycles. The average molecular weight is 357 g/mol. The number of rotatable bonds is 7. The zero-order valence-electron chi connectivity index (χ0n) is 14.2. The molecule has 0 unspecified atom stereocenters. The predicted molar refractivity (Wildman–Crippen MR) is 98.6 cm³/mol. The molecule has 0 radical (unpaired) electrons. The van der Waals surface area contributed by atoms with Crippen LogP contribution >= 0.6 is 11.8 Å². The smallest absolute Gasteiger partial charge is 0.196 e. The number of nitrogens with zero attached hydrogens (tertiary/aromatic N) is 3. The van der Waals surface area contributed by atoms with Crippen LogP contribution in [0, 0.1) is 5.82 Å². The Morgan fingerprint density at radius 2 is 1.76 bits per heavy atom. The molecule has 0 aliphatic rings. The van der Waals surface area contributed by atoms with E-state index in [1.165, 1.54) is 12.1 Å². The van der Waals surface area contributed by atoms with Gasteiger partial charge >= 0.3 is 0 Å². The summed E-state index contributed by atoms with van der Waals surface area (Å²) >= 11 is 1.57. The summed E-state index contributed by atoms with van der Waals surface area (Å²) in [7, 11) is 0. The van der Waals surface area contributed by atoms with Crippen LogP contribution in [0.2, 0.25) is 0 Å². The van der Waals surface area contributed by atoms with Gasteiger partial charge in [-0.05, 0) is 38.1 Å². The van der Waals surface area contributed by atoms with Crippen LogP contribution in [0.4, 0.5) is 4.39 Å². The molecule has 0 bridgehead atoms. The fourth-order valence-electron chi connectivity index (χ4n) is 2.38. The lowest BCUT2D eigenvalue weighted by atomic mass is 10.2. The minimum atomic E-state index is -0.266. The van der Waals surface area contributed by atoms with Gasteiger partial charge in [0.25, 0.3) is 0 Å². The number of thioether (sulfide) groups is 1. The lowest BCUT2D eigenvalue weighted by molar-refractivity contribution is 0.0920. The van der Waals surface area contributed by atoms with E-state index in [-0.39, 0.29) is 11.9 Å². The summed E-state index contributed by atoms with van der Waals surface area (Å²) in [5.41, 5.74) is 1.79. The van der Waals surface area contributed by atoms with Crippen molar-refractivity contribution in [1.29, 1.82) is 0 Å². The van der Waals surface area contributed by atoms with E-state index in [4.69, 9.17) is 4.74 Å².